The van der Waals surface area contributed by atoms with Crippen molar-refractivity contribution in [1.82, 2.24) is 0 Å². The van der Waals surface area contributed by atoms with Crippen LogP contribution in [-0.2, 0) is 0 Å². The lowest BCUT2D eigenvalue weighted by molar-refractivity contribution is 0.978. The van der Waals surface area contributed by atoms with E-state index in [1.807, 2.05) is 46.1 Å². The second kappa shape index (κ2) is 8.16. The summed E-state index contributed by atoms with van der Waals surface area (Å²) in [6, 6.07) is 0. The highest BCUT2D eigenvalue weighted by Crippen LogP contribution is 2.01. The van der Waals surface area contributed by atoms with Gasteiger partial charge < -0.3 is 0 Å². The molecule has 0 aromatic carbocycles. The minimum absolute atomic E-state index is 0.911. The van der Waals surface area contributed by atoms with Crippen LogP contribution in [0.2, 0.25) is 0 Å². The first kappa shape index (κ1) is 13.8. The van der Waals surface area contributed by atoms with Crippen LogP contribution in [0.15, 0.2) is 33.4 Å². The van der Waals surface area contributed by atoms with Crippen molar-refractivity contribution >= 4 is 12.1 Å². The van der Waals surface area contributed by atoms with E-state index in [0.29, 0.717) is 0 Å². The van der Waals surface area contributed by atoms with Crippen molar-refractivity contribution in [2.45, 2.75) is 47.5 Å². The maximum absolute atomic E-state index is 4.44. The van der Waals surface area contributed by atoms with Gasteiger partial charge in [0.25, 0.3) is 0 Å². The first-order valence-electron chi connectivity index (χ1n) is 5.51. The zero-order valence-corrected chi connectivity index (χ0v) is 10.5. The van der Waals surface area contributed by atoms with Crippen LogP contribution in [0, 0.1) is 0 Å². The van der Waals surface area contributed by atoms with Crippen LogP contribution in [0.25, 0.3) is 0 Å². The molecule has 0 N–H and O–H groups in total. The van der Waals surface area contributed by atoms with Crippen LogP contribution in [-0.4, -0.2) is 12.1 Å². The van der Waals surface area contributed by atoms with Gasteiger partial charge in [0.05, 0.1) is 0 Å². The second-order valence-electron chi connectivity index (χ2n) is 3.50. The molecule has 0 saturated heterocycles. The molecule has 2 nitrogen and oxygen atoms in total. The predicted octanol–water partition coefficient (Wildman–Crippen LogP) is 4.15. The summed E-state index contributed by atoms with van der Waals surface area (Å²) in [4.78, 5) is 8.83. The van der Waals surface area contributed by atoms with Crippen molar-refractivity contribution in [1.29, 1.82) is 0 Å². The Morgan fingerprint density at radius 1 is 1.13 bits per heavy atom. The van der Waals surface area contributed by atoms with E-state index in [2.05, 4.69) is 16.9 Å². The third-order valence-electron chi connectivity index (χ3n) is 2.07. The molecular weight excluding hydrogens is 184 g/mol. The van der Waals surface area contributed by atoms with Gasteiger partial charge >= 0.3 is 0 Å². The minimum Gasteiger partial charge on any atom is -0.241 e. The van der Waals surface area contributed by atoms with E-state index in [-0.39, 0.29) is 0 Å². The number of amidine groups is 1. The van der Waals surface area contributed by atoms with Crippen molar-refractivity contribution in [2.75, 3.05) is 0 Å². The van der Waals surface area contributed by atoms with Crippen LogP contribution in [0.3, 0.4) is 0 Å². The molecule has 15 heavy (non-hydrogen) atoms. The Labute approximate surface area is 93.5 Å². The van der Waals surface area contributed by atoms with Gasteiger partial charge in [-0.3, -0.25) is 0 Å². The number of aliphatic imine (C=N–C) groups is 2. The fourth-order valence-corrected chi connectivity index (χ4v) is 0.892. The highest BCUT2D eigenvalue weighted by molar-refractivity contribution is 5.94. The summed E-state index contributed by atoms with van der Waals surface area (Å²) in [5, 5.41) is 0. The van der Waals surface area contributed by atoms with Gasteiger partial charge in [0.15, 0.2) is 0 Å². The smallest absolute Gasteiger partial charge is 0.128 e. The fraction of sp³-hybridized carbons (Fsp3) is 0.538. The summed E-state index contributed by atoms with van der Waals surface area (Å²) in [6.07, 6.45) is 7.90. The van der Waals surface area contributed by atoms with Crippen LogP contribution < -0.4 is 0 Å². The SMILES string of the molecule is C/C=C(/C)C=NC(CCC)=N/C(C)=C\C. The van der Waals surface area contributed by atoms with Crippen molar-refractivity contribution < 1.29 is 0 Å². The molecule has 84 valence electrons. The highest BCUT2D eigenvalue weighted by Gasteiger charge is 1.94. The molecule has 0 atom stereocenters. The monoisotopic (exact) mass is 206 g/mol. The normalized spacial score (nSPS) is 15.1. The fourth-order valence-electron chi connectivity index (χ4n) is 0.892. The molecular formula is C13H22N2. The minimum atomic E-state index is 0.911. The maximum atomic E-state index is 4.44. The molecule has 0 aliphatic heterocycles. The zero-order chi connectivity index (χ0) is 11.7. The summed E-state index contributed by atoms with van der Waals surface area (Å²) < 4.78 is 0. The van der Waals surface area contributed by atoms with Gasteiger partial charge in [-0.05, 0) is 39.7 Å². The van der Waals surface area contributed by atoms with Crippen molar-refractivity contribution in [3.05, 3.63) is 23.4 Å². The molecule has 0 spiro atoms. The molecule has 0 heterocycles. The van der Waals surface area contributed by atoms with Crippen LogP contribution in [0.4, 0.5) is 0 Å². The molecule has 0 amide bonds. The Balaban J connectivity index is 4.68. The lowest BCUT2D eigenvalue weighted by atomic mass is 10.3. The third-order valence-corrected chi connectivity index (χ3v) is 2.07. The van der Waals surface area contributed by atoms with Crippen LogP contribution in [0.1, 0.15) is 47.5 Å². The van der Waals surface area contributed by atoms with E-state index < -0.39 is 0 Å². The zero-order valence-electron chi connectivity index (χ0n) is 10.5. The van der Waals surface area contributed by atoms with Gasteiger partial charge in [-0.2, -0.15) is 0 Å². The Kier molecular flexibility index (Phi) is 7.51. The average molecular weight is 206 g/mol. The Bertz CT molecular complexity index is 294. The number of hydrogen-bond acceptors (Lipinski definition) is 1. The quantitative estimate of drug-likeness (QED) is 0.488. The van der Waals surface area contributed by atoms with Gasteiger partial charge in [0.1, 0.15) is 5.84 Å². The van der Waals surface area contributed by atoms with E-state index in [4.69, 9.17) is 0 Å². The van der Waals surface area contributed by atoms with E-state index in [9.17, 15) is 0 Å². The summed E-state index contributed by atoms with van der Waals surface area (Å²) in [6.45, 7) is 10.2. The molecule has 0 aliphatic rings. The molecule has 0 aromatic heterocycles. The first-order chi connectivity index (χ1) is 7.13. The van der Waals surface area contributed by atoms with E-state index in [1.54, 1.807) is 0 Å². The standard InChI is InChI=1S/C13H22N2/c1-6-9-13(15-12(5)8-3)14-10-11(4)7-2/h7-8,10H,6,9H2,1-5H3/b11-7-,12-8-,14-10?,15-13?. The average Bonchev–Trinajstić information content (AvgIpc) is 2.25. The van der Waals surface area contributed by atoms with Gasteiger partial charge in [0.2, 0.25) is 0 Å². The van der Waals surface area contributed by atoms with Gasteiger partial charge in [-0.25, -0.2) is 9.98 Å². The molecule has 0 fully saturated rings. The lowest BCUT2D eigenvalue weighted by Crippen LogP contribution is -1.95. The number of rotatable bonds is 4. The predicted molar refractivity (Wildman–Crippen MR) is 69.7 cm³/mol. The number of allylic oxidation sites excluding steroid dienone is 4. The van der Waals surface area contributed by atoms with Gasteiger partial charge in [-0.15, -0.1) is 0 Å². The molecule has 0 saturated carbocycles. The van der Waals surface area contributed by atoms with Crippen LogP contribution >= 0.6 is 0 Å². The van der Waals surface area contributed by atoms with Crippen molar-refractivity contribution in [3.63, 3.8) is 0 Å². The van der Waals surface area contributed by atoms with Gasteiger partial charge in [-0.1, -0.05) is 19.1 Å². The summed E-state index contributed by atoms with van der Waals surface area (Å²) in [5.41, 5.74) is 2.19. The maximum Gasteiger partial charge on any atom is 0.128 e. The Morgan fingerprint density at radius 2 is 1.80 bits per heavy atom. The number of nitrogens with zero attached hydrogens (tertiary/aromatic N) is 2. The number of hydrogen-bond donors (Lipinski definition) is 0. The van der Waals surface area contributed by atoms with E-state index >= 15 is 0 Å². The summed E-state index contributed by atoms with van der Waals surface area (Å²) in [7, 11) is 0. The van der Waals surface area contributed by atoms with E-state index in [0.717, 1.165) is 29.9 Å². The van der Waals surface area contributed by atoms with Gasteiger partial charge in [0, 0.05) is 18.3 Å². The second-order valence-corrected chi connectivity index (χ2v) is 3.50. The molecule has 0 aliphatic carbocycles. The van der Waals surface area contributed by atoms with Crippen molar-refractivity contribution in [3.8, 4) is 0 Å². The van der Waals surface area contributed by atoms with E-state index in [1.165, 1.54) is 0 Å². The van der Waals surface area contributed by atoms with Crippen molar-refractivity contribution in [2.24, 2.45) is 9.98 Å². The molecule has 0 bridgehead atoms. The Morgan fingerprint density at radius 3 is 2.27 bits per heavy atom. The summed E-state index contributed by atoms with van der Waals surface area (Å²) >= 11 is 0. The molecule has 2 heteroatoms. The van der Waals surface area contributed by atoms with Crippen LogP contribution in [0.5, 0.6) is 0 Å². The largest absolute Gasteiger partial charge is 0.241 e. The summed E-state index contributed by atoms with van der Waals surface area (Å²) in [5.74, 6) is 0.911. The molecule has 0 rings (SSSR count). The molecule has 0 unspecified atom stereocenters. The molecule has 0 radical (unpaired) electrons. The first-order valence-corrected chi connectivity index (χ1v) is 5.51. The Hall–Kier alpha value is -1.18. The highest BCUT2D eigenvalue weighted by atomic mass is 14.9. The molecule has 0 aromatic rings. The third kappa shape index (κ3) is 6.83. The topological polar surface area (TPSA) is 24.7 Å². The lowest BCUT2D eigenvalue weighted by Gasteiger charge is -1.99.